The van der Waals surface area contributed by atoms with Crippen LogP contribution in [-0.4, -0.2) is 41.8 Å². The summed E-state index contributed by atoms with van der Waals surface area (Å²) in [5, 5.41) is 2.76. The van der Waals surface area contributed by atoms with Gasteiger partial charge in [-0.25, -0.2) is 0 Å². The lowest BCUT2D eigenvalue weighted by Gasteiger charge is -2.16. The first kappa shape index (κ1) is 16.9. The lowest BCUT2D eigenvalue weighted by molar-refractivity contribution is -0.138. The van der Waals surface area contributed by atoms with Crippen LogP contribution in [0.5, 0.6) is 0 Å². The van der Waals surface area contributed by atoms with Gasteiger partial charge in [0, 0.05) is 38.4 Å². The zero-order chi connectivity index (χ0) is 13.8. The summed E-state index contributed by atoms with van der Waals surface area (Å²) in [4.78, 5) is 35.7. The number of likely N-dealkylation sites (tertiary alicyclic amines) is 1. The monoisotopic (exact) mass is 303 g/mol. The largest absolute Gasteiger partial charge is 0.354 e. The molecule has 2 fully saturated rings. The van der Waals surface area contributed by atoms with Crippen LogP contribution in [0, 0.1) is 5.92 Å². The summed E-state index contributed by atoms with van der Waals surface area (Å²) in [5.74, 6) is -0.0503. The molecule has 2 aliphatic rings. The fourth-order valence-electron chi connectivity index (χ4n) is 2.81. The summed E-state index contributed by atoms with van der Waals surface area (Å²) in [5.41, 5.74) is 5.91. The molecule has 3 amide bonds. The molecule has 0 radical (unpaired) electrons. The first-order valence-corrected chi connectivity index (χ1v) is 6.93. The summed E-state index contributed by atoms with van der Waals surface area (Å²) in [7, 11) is 0. The van der Waals surface area contributed by atoms with Gasteiger partial charge in [0.25, 0.3) is 0 Å². The van der Waals surface area contributed by atoms with E-state index in [1.807, 2.05) is 0 Å². The standard InChI is InChI=1S/C13H21N3O3.ClH/c14-10-3-1-2-9(10)8-11(17)15-6-7-16-12(18)4-5-13(16)19;/h9-10H,1-8,14H2,(H,15,17);1H/t9-,10+;/m0./s1. The van der Waals surface area contributed by atoms with Gasteiger partial charge in [-0.15, -0.1) is 12.4 Å². The second kappa shape index (κ2) is 7.59. The summed E-state index contributed by atoms with van der Waals surface area (Å²) in [6.07, 6.45) is 4.14. The van der Waals surface area contributed by atoms with Crippen LogP contribution in [0.3, 0.4) is 0 Å². The molecular weight excluding hydrogens is 282 g/mol. The van der Waals surface area contributed by atoms with Crippen LogP contribution in [0.2, 0.25) is 0 Å². The Bertz CT molecular complexity index is 373. The van der Waals surface area contributed by atoms with Gasteiger partial charge in [-0.2, -0.15) is 0 Å². The van der Waals surface area contributed by atoms with E-state index in [2.05, 4.69) is 5.32 Å². The van der Waals surface area contributed by atoms with E-state index >= 15 is 0 Å². The summed E-state index contributed by atoms with van der Waals surface area (Å²) in [6, 6.07) is 0.132. The second-order valence-electron chi connectivity index (χ2n) is 5.35. The molecule has 2 atom stereocenters. The van der Waals surface area contributed by atoms with E-state index in [-0.39, 0.29) is 48.6 Å². The maximum Gasteiger partial charge on any atom is 0.229 e. The number of carbonyl (C=O) groups excluding carboxylic acids is 3. The van der Waals surface area contributed by atoms with Crippen molar-refractivity contribution in [2.24, 2.45) is 11.7 Å². The second-order valence-corrected chi connectivity index (χ2v) is 5.35. The van der Waals surface area contributed by atoms with Crippen molar-refractivity contribution >= 4 is 30.1 Å². The Labute approximate surface area is 124 Å². The molecule has 1 saturated carbocycles. The maximum atomic E-state index is 11.7. The molecule has 114 valence electrons. The third kappa shape index (κ3) is 4.18. The average Bonchev–Trinajstić information content (AvgIpc) is 2.90. The van der Waals surface area contributed by atoms with Gasteiger partial charge in [-0.1, -0.05) is 6.42 Å². The molecular formula is C13H22ClN3O3. The number of halogens is 1. The quantitative estimate of drug-likeness (QED) is 0.709. The molecule has 7 heteroatoms. The van der Waals surface area contributed by atoms with Crippen LogP contribution in [-0.2, 0) is 14.4 Å². The highest BCUT2D eigenvalue weighted by Crippen LogP contribution is 2.26. The van der Waals surface area contributed by atoms with Gasteiger partial charge in [0.05, 0.1) is 0 Å². The van der Waals surface area contributed by atoms with E-state index in [0.29, 0.717) is 25.8 Å². The molecule has 1 aliphatic carbocycles. The summed E-state index contributed by atoms with van der Waals surface area (Å²) in [6.45, 7) is 0.610. The molecule has 0 bridgehead atoms. The number of hydrogen-bond donors (Lipinski definition) is 2. The number of nitrogens with one attached hydrogen (secondary N) is 1. The number of rotatable bonds is 5. The number of amides is 3. The summed E-state index contributed by atoms with van der Waals surface area (Å²) >= 11 is 0. The predicted molar refractivity (Wildman–Crippen MR) is 76.1 cm³/mol. The van der Waals surface area contributed by atoms with Gasteiger partial charge in [0.15, 0.2) is 0 Å². The van der Waals surface area contributed by atoms with E-state index in [0.717, 1.165) is 19.3 Å². The van der Waals surface area contributed by atoms with Crippen molar-refractivity contribution in [3.05, 3.63) is 0 Å². The number of carbonyl (C=O) groups is 3. The van der Waals surface area contributed by atoms with Gasteiger partial charge in [-0.3, -0.25) is 19.3 Å². The minimum atomic E-state index is -0.142. The highest BCUT2D eigenvalue weighted by atomic mass is 35.5. The molecule has 0 aromatic heterocycles. The fraction of sp³-hybridized carbons (Fsp3) is 0.769. The van der Waals surface area contributed by atoms with E-state index in [1.54, 1.807) is 0 Å². The zero-order valence-electron chi connectivity index (χ0n) is 11.5. The Morgan fingerprint density at radius 3 is 2.45 bits per heavy atom. The Hall–Kier alpha value is -1.14. The third-order valence-electron chi connectivity index (χ3n) is 3.98. The first-order chi connectivity index (χ1) is 9.08. The first-order valence-electron chi connectivity index (χ1n) is 6.93. The van der Waals surface area contributed by atoms with E-state index < -0.39 is 0 Å². The highest BCUT2D eigenvalue weighted by molar-refractivity contribution is 6.01. The Kier molecular flexibility index (Phi) is 6.42. The molecule has 20 heavy (non-hydrogen) atoms. The Balaban J connectivity index is 0.00000200. The number of nitrogens with zero attached hydrogens (tertiary/aromatic N) is 1. The molecule has 3 N–H and O–H groups in total. The fourth-order valence-corrected chi connectivity index (χ4v) is 2.81. The minimum absolute atomic E-state index is 0. The zero-order valence-corrected chi connectivity index (χ0v) is 12.3. The lowest BCUT2D eigenvalue weighted by Crippen LogP contribution is -2.39. The molecule has 0 aromatic carbocycles. The highest BCUT2D eigenvalue weighted by Gasteiger charge is 2.29. The van der Waals surface area contributed by atoms with Crippen LogP contribution in [0.15, 0.2) is 0 Å². The van der Waals surface area contributed by atoms with Gasteiger partial charge in [-0.05, 0) is 18.8 Å². The molecule has 0 unspecified atom stereocenters. The van der Waals surface area contributed by atoms with Crippen molar-refractivity contribution in [3.63, 3.8) is 0 Å². The molecule has 1 saturated heterocycles. The SMILES string of the molecule is Cl.N[C@@H]1CCC[C@H]1CC(=O)NCCN1C(=O)CCC1=O. The Morgan fingerprint density at radius 1 is 1.25 bits per heavy atom. The van der Waals surface area contributed by atoms with Crippen LogP contribution in [0.25, 0.3) is 0 Å². The van der Waals surface area contributed by atoms with E-state index in [4.69, 9.17) is 5.73 Å². The maximum absolute atomic E-state index is 11.7. The minimum Gasteiger partial charge on any atom is -0.354 e. The Morgan fingerprint density at radius 2 is 1.90 bits per heavy atom. The van der Waals surface area contributed by atoms with Crippen molar-refractivity contribution in [2.75, 3.05) is 13.1 Å². The van der Waals surface area contributed by atoms with Crippen LogP contribution < -0.4 is 11.1 Å². The van der Waals surface area contributed by atoms with Gasteiger partial charge in [0.2, 0.25) is 17.7 Å². The summed E-state index contributed by atoms with van der Waals surface area (Å²) < 4.78 is 0. The van der Waals surface area contributed by atoms with Crippen molar-refractivity contribution in [1.82, 2.24) is 10.2 Å². The van der Waals surface area contributed by atoms with Gasteiger partial charge >= 0.3 is 0 Å². The van der Waals surface area contributed by atoms with Crippen molar-refractivity contribution in [3.8, 4) is 0 Å². The molecule has 1 aliphatic heterocycles. The molecule has 2 rings (SSSR count). The smallest absolute Gasteiger partial charge is 0.229 e. The number of imide groups is 1. The predicted octanol–water partition coefficient (Wildman–Crippen LogP) is 0.191. The van der Waals surface area contributed by atoms with Crippen molar-refractivity contribution in [2.45, 2.75) is 44.6 Å². The third-order valence-corrected chi connectivity index (χ3v) is 3.98. The molecule has 6 nitrogen and oxygen atoms in total. The van der Waals surface area contributed by atoms with Crippen LogP contribution >= 0.6 is 12.4 Å². The number of hydrogen-bond acceptors (Lipinski definition) is 4. The van der Waals surface area contributed by atoms with Gasteiger partial charge in [0.1, 0.15) is 0 Å². The molecule has 0 aromatic rings. The molecule has 1 heterocycles. The van der Waals surface area contributed by atoms with Crippen LogP contribution in [0.1, 0.15) is 38.5 Å². The average molecular weight is 304 g/mol. The van der Waals surface area contributed by atoms with Crippen molar-refractivity contribution in [1.29, 1.82) is 0 Å². The lowest BCUT2D eigenvalue weighted by atomic mass is 10.00. The molecule has 0 spiro atoms. The normalized spacial score (nSPS) is 25.8. The van der Waals surface area contributed by atoms with Crippen molar-refractivity contribution < 1.29 is 14.4 Å². The van der Waals surface area contributed by atoms with Gasteiger partial charge < -0.3 is 11.1 Å². The topological polar surface area (TPSA) is 92.5 Å². The number of nitrogens with two attached hydrogens (primary N) is 1. The van der Waals surface area contributed by atoms with E-state index in [9.17, 15) is 14.4 Å². The van der Waals surface area contributed by atoms with Crippen LogP contribution in [0.4, 0.5) is 0 Å². The van der Waals surface area contributed by atoms with E-state index in [1.165, 1.54) is 4.90 Å².